The van der Waals surface area contributed by atoms with Gasteiger partial charge in [-0.25, -0.2) is 9.86 Å². The van der Waals surface area contributed by atoms with Crippen molar-refractivity contribution in [3.8, 4) is 0 Å². The lowest BCUT2D eigenvalue weighted by atomic mass is 10.1. The fourth-order valence-electron chi connectivity index (χ4n) is 3.79. The highest BCUT2D eigenvalue weighted by molar-refractivity contribution is 7.19. The van der Waals surface area contributed by atoms with Crippen LogP contribution in [0.4, 0.5) is 0 Å². The number of hydrogen-bond donors (Lipinski definition) is 0. The molecule has 4 aromatic rings. The Balaban J connectivity index is 2.07. The highest BCUT2D eigenvalue weighted by Crippen LogP contribution is 2.31. The monoisotopic (exact) mass is 488 g/mol. The van der Waals surface area contributed by atoms with Gasteiger partial charge in [-0.1, -0.05) is 37.3 Å². The third-order valence-electron chi connectivity index (χ3n) is 5.44. The minimum Gasteiger partial charge on any atom is -0.293 e. The summed E-state index contributed by atoms with van der Waals surface area (Å²) in [7, 11) is 4.22. The molecule has 0 aliphatic heterocycles. The number of hydrogen-bond acceptors (Lipinski definition) is 7. The summed E-state index contributed by atoms with van der Waals surface area (Å²) >= 11 is 2.31. The maximum Gasteiger partial charge on any atom is 0.331 e. The van der Waals surface area contributed by atoms with Gasteiger partial charge in [0.15, 0.2) is 0 Å². The smallest absolute Gasteiger partial charge is 0.293 e. The number of hydroxylamine groups is 2. The van der Waals surface area contributed by atoms with Gasteiger partial charge in [0, 0.05) is 25.5 Å². The van der Waals surface area contributed by atoms with Crippen molar-refractivity contribution >= 4 is 49.0 Å². The van der Waals surface area contributed by atoms with E-state index in [-0.39, 0.29) is 28.3 Å². The summed E-state index contributed by atoms with van der Waals surface area (Å²) in [5.74, 6) is -0.378. The Labute approximate surface area is 196 Å². The van der Waals surface area contributed by atoms with E-state index in [1.807, 2.05) is 38.1 Å². The molecule has 3 aromatic heterocycles. The van der Waals surface area contributed by atoms with Crippen LogP contribution in [-0.4, -0.2) is 38.8 Å². The van der Waals surface area contributed by atoms with E-state index in [2.05, 4.69) is 0 Å². The molecular formula is C22H24N4O5S2. The number of fused-ring (bicyclic) bond motifs is 2. The molecule has 0 fully saturated rings. The summed E-state index contributed by atoms with van der Waals surface area (Å²) in [6.45, 7) is 4.43. The Morgan fingerprint density at radius 1 is 1.12 bits per heavy atom. The summed E-state index contributed by atoms with van der Waals surface area (Å²) in [4.78, 5) is 58.1. The quantitative estimate of drug-likeness (QED) is 0.389. The van der Waals surface area contributed by atoms with Gasteiger partial charge >= 0.3 is 10.6 Å². The van der Waals surface area contributed by atoms with Gasteiger partial charge in [-0.3, -0.25) is 32.9 Å². The summed E-state index contributed by atoms with van der Waals surface area (Å²) in [6.07, 6.45) is 0. The van der Waals surface area contributed by atoms with E-state index >= 15 is 0 Å². The molecule has 0 N–H and O–H groups in total. The number of carbonyl (C=O) groups excluding carboxylic acids is 1. The van der Waals surface area contributed by atoms with Crippen molar-refractivity contribution in [3.05, 3.63) is 65.2 Å². The molecule has 3 heterocycles. The van der Waals surface area contributed by atoms with Gasteiger partial charge in [-0.15, -0.1) is 11.3 Å². The average molecular weight is 489 g/mol. The van der Waals surface area contributed by atoms with Crippen molar-refractivity contribution in [2.24, 2.45) is 13.0 Å². The maximum absolute atomic E-state index is 13.3. The topological polar surface area (TPSA) is 95.5 Å². The van der Waals surface area contributed by atoms with Crippen LogP contribution in [0.25, 0.3) is 20.4 Å². The van der Waals surface area contributed by atoms with Gasteiger partial charge < -0.3 is 0 Å². The molecule has 1 aromatic carbocycles. The van der Waals surface area contributed by atoms with Crippen LogP contribution in [0.1, 0.15) is 29.1 Å². The highest BCUT2D eigenvalue weighted by Gasteiger charge is 2.28. The van der Waals surface area contributed by atoms with E-state index in [4.69, 9.17) is 4.84 Å². The van der Waals surface area contributed by atoms with Gasteiger partial charge in [0.05, 0.1) is 34.8 Å². The van der Waals surface area contributed by atoms with Crippen LogP contribution < -0.4 is 16.1 Å². The van der Waals surface area contributed by atoms with Crippen molar-refractivity contribution in [3.63, 3.8) is 0 Å². The van der Waals surface area contributed by atoms with E-state index in [0.29, 0.717) is 16.3 Å². The first-order valence-corrected chi connectivity index (χ1v) is 11.9. The minimum atomic E-state index is -0.548. The first kappa shape index (κ1) is 23.1. The van der Waals surface area contributed by atoms with Crippen molar-refractivity contribution in [1.29, 1.82) is 0 Å². The highest BCUT2D eigenvalue weighted by atomic mass is 32.1. The standard InChI is InChI=1S/C22H24N4O5S2/c1-12(2)10-26-20-17(18(27)23(3)21(26)29)16(19(28)24(4)31-5)15(32-20)11-25-13-8-6-7-9-14(13)33-22(25)30/h6-9,12H,10-11H2,1-5H3. The second-order valence-electron chi connectivity index (χ2n) is 8.14. The van der Waals surface area contributed by atoms with E-state index in [1.54, 1.807) is 4.57 Å². The lowest BCUT2D eigenvalue weighted by Gasteiger charge is -2.15. The predicted octanol–water partition coefficient (Wildman–Crippen LogP) is 2.48. The number of benzene rings is 1. The number of thiazole rings is 1. The Bertz CT molecular complexity index is 1550. The Morgan fingerprint density at radius 3 is 2.48 bits per heavy atom. The molecule has 9 nitrogen and oxygen atoms in total. The van der Waals surface area contributed by atoms with Crippen LogP contribution in [0.15, 0.2) is 38.6 Å². The Morgan fingerprint density at radius 2 is 1.82 bits per heavy atom. The minimum absolute atomic E-state index is 0.0971. The maximum atomic E-state index is 13.3. The van der Waals surface area contributed by atoms with Gasteiger partial charge in [-0.05, 0) is 18.1 Å². The van der Waals surface area contributed by atoms with Crippen LogP contribution >= 0.6 is 22.7 Å². The van der Waals surface area contributed by atoms with Crippen LogP contribution in [0.2, 0.25) is 0 Å². The fourth-order valence-corrected chi connectivity index (χ4v) is 5.95. The number of para-hydroxylation sites is 1. The number of nitrogens with zero attached hydrogens (tertiary/aromatic N) is 4. The molecule has 0 saturated heterocycles. The van der Waals surface area contributed by atoms with Gasteiger partial charge in [0.2, 0.25) is 0 Å². The van der Waals surface area contributed by atoms with E-state index in [9.17, 15) is 19.2 Å². The average Bonchev–Trinajstić information content (AvgIpc) is 3.32. The van der Waals surface area contributed by atoms with Crippen LogP contribution in [0.3, 0.4) is 0 Å². The van der Waals surface area contributed by atoms with Crippen LogP contribution in [-0.2, 0) is 25.0 Å². The van der Waals surface area contributed by atoms with Crippen molar-refractivity contribution in [1.82, 2.24) is 18.8 Å². The molecule has 0 saturated carbocycles. The number of carbonyl (C=O) groups is 1. The molecule has 0 bridgehead atoms. The Hall–Kier alpha value is -3.02. The molecule has 0 unspecified atom stereocenters. The first-order valence-electron chi connectivity index (χ1n) is 10.3. The van der Waals surface area contributed by atoms with E-state index in [1.165, 1.54) is 37.1 Å². The Kier molecular flexibility index (Phi) is 6.12. The lowest BCUT2D eigenvalue weighted by Crippen LogP contribution is -2.39. The largest absolute Gasteiger partial charge is 0.331 e. The van der Waals surface area contributed by atoms with Crippen molar-refractivity contribution in [2.75, 3.05) is 14.2 Å². The summed E-state index contributed by atoms with van der Waals surface area (Å²) < 4.78 is 4.98. The first-order chi connectivity index (χ1) is 15.6. The molecule has 174 valence electrons. The van der Waals surface area contributed by atoms with Gasteiger partial charge in [0.25, 0.3) is 11.5 Å². The summed E-state index contributed by atoms with van der Waals surface area (Å²) in [5, 5.41) is 1.20. The molecule has 0 radical (unpaired) electrons. The zero-order valence-corrected chi connectivity index (χ0v) is 20.6. The lowest BCUT2D eigenvalue weighted by molar-refractivity contribution is -0.0756. The van der Waals surface area contributed by atoms with Gasteiger partial charge in [0.1, 0.15) is 4.83 Å². The number of rotatable bonds is 6. The molecule has 1 amide bonds. The van der Waals surface area contributed by atoms with Crippen LogP contribution in [0.5, 0.6) is 0 Å². The molecule has 0 atom stereocenters. The number of thiophene rings is 1. The molecule has 33 heavy (non-hydrogen) atoms. The number of aromatic nitrogens is 3. The molecule has 11 heteroatoms. The van der Waals surface area contributed by atoms with E-state index < -0.39 is 17.2 Å². The zero-order chi connectivity index (χ0) is 24.0. The summed E-state index contributed by atoms with van der Waals surface area (Å²) in [5.41, 5.74) is -0.0883. The second-order valence-corrected chi connectivity index (χ2v) is 10.2. The predicted molar refractivity (Wildman–Crippen MR) is 130 cm³/mol. The third kappa shape index (κ3) is 3.85. The molecule has 0 aliphatic carbocycles. The molecule has 0 spiro atoms. The molecule has 4 rings (SSSR count). The fraction of sp³-hybridized carbons (Fsp3) is 0.364. The molecular weight excluding hydrogens is 464 g/mol. The van der Waals surface area contributed by atoms with Gasteiger partial charge in [-0.2, -0.15) is 0 Å². The molecule has 0 aliphatic rings. The third-order valence-corrected chi connectivity index (χ3v) is 7.60. The van der Waals surface area contributed by atoms with Crippen molar-refractivity contribution < 1.29 is 9.63 Å². The second kappa shape index (κ2) is 8.73. The SMILES string of the molecule is CON(C)C(=O)c1c(Cn2c(=O)sc3ccccc32)sc2c1c(=O)n(C)c(=O)n2CC(C)C. The van der Waals surface area contributed by atoms with Crippen LogP contribution in [0, 0.1) is 5.92 Å². The van der Waals surface area contributed by atoms with Crippen molar-refractivity contribution in [2.45, 2.75) is 26.9 Å². The van der Waals surface area contributed by atoms with E-state index in [0.717, 1.165) is 31.2 Å². The number of amides is 1. The normalized spacial score (nSPS) is 11.7. The summed E-state index contributed by atoms with van der Waals surface area (Å²) in [6, 6.07) is 7.41. The zero-order valence-electron chi connectivity index (χ0n) is 18.9.